The fourth-order valence-corrected chi connectivity index (χ4v) is 1.23. The third-order valence-electron chi connectivity index (χ3n) is 1.94. The van der Waals surface area contributed by atoms with Crippen LogP contribution in [0.3, 0.4) is 0 Å². The number of benzene rings is 1. The van der Waals surface area contributed by atoms with Crippen LogP contribution >= 0.6 is 0 Å². The number of hydrogen-bond acceptors (Lipinski definition) is 4. The van der Waals surface area contributed by atoms with Crippen molar-refractivity contribution in [1.29, 1.82) is 0 Å². The standard InChI is InChI=1S/C12H15NO3/c1-3-16-12(14)9-13-8-10-6-4-5-7-11(10)15-2/h4-7,9H,3,8H2,1-2H3. The Bertz CT molecular complexity index is 374. The van der Waals surface area contributed by atoms with Crippen LogP contribution in [0.15, 0.2) is 29.3 Å². The normalized spacial score (nSPS) is 10.4. The highest BCUT2D eigenvalue weighted by molar-refractivity contribution is 6.23. The molecule has 0 amide bonds. The second-order valence-electron chi connectivity index (χ2n) is 3.03. The van der Waals surface area contributed by atoms with E-state index < -0.39 is 5.97 Å². The molecule has 0 atom stereocenters. The summed E-state index contributed by atoms with van der Waals surface area (Å²) in [6.07, 6.45) is 1.19. The summed E-state index contributed by atoms with van der Waals surface area (Å²) in [5.74, 6) is 0.348. The van der Waals surface area contributed by atoms with Gasteiger partial charge in [0.1, 0.15) is 12.0 Å². The lowest BCUT2D eigenvalue weighted by molar-refractivity contribution is -0.134. The van der Waals surface area contributed by atoms with Crippen LogP contribution in [0.1, 0.15) is 12.5 Å². The van der Waals surface area contributed by atoms with Crippen molar-refractivity contribution in [3.63, 3.8) is 0 Å². The topological polar surface area (TPSA) is 47.9 Å². The van der Waals surface area contributed by atoms with Crippen molar-refractivity contribution in [2.75, 3.05) is 13.7 Å². The third-order valence-corrected chi connectivity index (χ3v) is 1.94. The molecule has 1 rings (SSSR count). The van der Waals surface area contributed by atoms with Crippen molar-refractivity contribution < 1.29 is 14.3 Å². The Labute approximate surface area is 94.9 Å². The van der Waals surface area contributed by atoms with Crippen LogP contribution < -0.4 is 4.74 Å². The van der Waals surface area contributed by atoms with Gasteiger partial charge in [-0.2, -0.15) is 0 Å². The molecule has 86 valence electrons. The summed E-state index contributed by atoms with van der Waals surface area (Å²) >= 11 is 0. The summed E-state index contributed by atoms with van der Waals surface area (Å²) in [4.78, 5) is 15.0. The second-order valence-corrected chi connectivity index (χ2v) is 3.03. The third kappa shape index (κ3) is 3.73. The van der Waals surface area contributed by atoms with E-state index in [-0.39, 0.29) is 0 Å². The van der Waals surface area contributed by atoms with E-state index in [4.69, 9.17) is 9.47 Å². The molecule has 1 aromatic rings. The minimum absolute atomic E-state index is 0.361. The average molecular weight is 221 g/mol. The summed E-state index contributed by atoms with van der Waals surface area (Å²) in [7, 11) is 1.61. The Morgan fingerprint density at radius 2 is 2.19 bits per heavy atom. The van der Waals surface area contributed by atoms with Gasteiger partial charge < -0.3 is 9.47 Å². The van der Waals surface area contributed by atoms with Crippen LogP contribution in [-0.4, -0.2) is 25.9 Å². The maximum Gasteiger partial charge on any atom is 0.348 e. The van der Waals surface area contributed by atoms with Crippen LogP contribution in [0.4, 0.5) is 0 Å². The molecule has 4 nitrogen and oxygen atoms in total. The van der Waals surface area contributed by atoms with Crippen LogP contribution in [0.5, 0.6) is 5.75 Å². The lowest BCUT2D eigenvalue weighted by atomic mass is 10.2. The number of nitrogens with zero attached hydrogens (tertiary/aromatic N) is 1. The molecule has 0 fully saturated rings. The van der Waals surface area contributed by atoms with Gasteiger partial charge in [0, 0.05) is 5.56 Å². The predicted molar refractivity (Wildman–Crippen MR) is 61.8 cm³/mol. The van der Waals surface area contributed by atoms with Gasteiger partial charge in [0.25, 0.3) is 0 Å². The van der Waals surface area contributed by atoms with Crippen molar-refractivity contribution >= 4 is 12.2 Å². The zero-order valence-corrected chi connectivity index (χ0v) is 9.47. The molecule has 0 saturated heterocycles. The van der Waals surface area contributed by atoms with Gasteiger partial charge in [0.05, 0.1) is 20.3 Å². The molecule has 0 radical (unpaired) electrons. The quantitative estimate of drug-likeness (QED) is 0.563. The molecule has 0 aliphatic heterocycles. The molecule has 0 bridgehead atoms. The van der Waals surface area contributed by atoms with Crippen molar-refractivity contribution in [3.05, 3.63) is 29.8 Å². The molecule has 1 aromatic carbocycles. The maximum absolute atomic E-state index is 11.0. The van der Waals surface area contributed by atoms with E-state index in [9.17, 15) is 4.79 Å². The monoisotopic (exact) mass is 221 g/mol. The SMILES string of the molecule is CCOC(=O)C=NCc1ccccc1OC. The van der Waals surface area contributed by atoms with Crippen LogP contribution in [0.2, 0.25) is 0 Å². The molecule has 16 heavy (non-hydrogen) atoms. The summed E-state index contributed by atoms with van der Waals surface area (Å²) in [5.41, 5.74) is 0.936. The Balaban J connectivity index is 2.57. The molecule has 0 aliphatic carbocycles. The Kier molecular flexibility index (Phi) is 5.05. The summed E-state index contributed by atoms with van der Waals surface area (Å²) < 4.78 is 9.88. The Morgan fingerprint density at radius 1 is 1.44 bits per heavy atom. The summed E-state index contributed by atoms with van der Waals surface area (Å²) in [6.45, 7) is 2.52. The Morgan fingerprint density at radius 3 is 2.88 bits per heavy atom. The first kappa shape index (κ1) is 12.2. The van der Waals surface area contributed by atoms with Gasteiger partial charge in [-0.1, -0.05) is 18.2 Å². The molecule has 0 aromatic heterocycles. The van der Waals surface area contributed by atoms with Gasteiger partial charge in [0.15, 0.2) is 0 Å². The number of aliphatic imine (C=N–C) groups is 1. The zero-order valence-electron chi connectivity index (χ0n) is 9.47. The molecular weight excluding hydrogens is 206 g/mol. The highest BCUT2D eigenvalue weighted by Crippen LogP contribution is 2.17. The number of methoxy groups -OCH3 is 1. The summed E-state index contributed by atoms with van der Waals surface area (Å²) in [6, 6.07) is 7.55. The minimum Gasteiger partial charge on any atom is -0.496 e. The van der Waals surface area contributed by atoms with Crippen molar-refractivity contribution in [2.45, 2.75) is 13.5 Å². The van der Waals surface area contributed by atoms with Gasteiger partial charge in [0.2, 0.25) is 0 Å². The van der Waals surface area contributed by atoms with Crippen molar-refractivity contribution in [1.82, 2.24) is 0 Å². The van der Waals surface area contributed by atoms with Gasteiger partial charge in [-0.05, 0) is 13.0 Å². The largest absolute Gasteiger partial charge is 0.496 e. The van der Waals surface area contributed by atoms with Crippen LogP contribution in [-0.2, 0) is 16.1 Å². The van der Waals surface area contributed by atoms with Crippen molar-refractivity contribution in [2.24, 2.45) is 4.99 Å². The van der Waals surface area contributed by atoms with E-state index in [0.717, 1.165) is 11.3 Å². The lowest BCUT2D eigenvalue weighted by Crippen LogP contribution is -2.05. The first-order valence-electron chi connectivity index (χ1n) is 5.06. The average Bonchev–Trinajstić information content (AvgIpc) is 2.30. The molecular formula is C12H15NO3. The number of carbonyl (C=O) groups is 1. The van der Waals surface area contributed by atoms with Gasteiger partial charge >= 0.3 is 5.97 Å². The Hall–Kier alpha value is -1.84. The number of hydrogen-bond donors (Lipinski definition) is 0. The fraction of sp³-hybridized carbons (Fsp3) is 0.333. The van der Waals surface area contributed by atoms with Gasteiger partial charge in [-0.3, -0.25) is 4.99 Å². The van der Waals surface area contributed by atoms with E-state index >= 15 is 0 Å². The molecule has 0 saturated carbocycles. The number of rotatable bonds is 5. The zero-order chi connectivity index (χ0) is 11.8. The molecule has 0 aliphatic rings. The molecule has 0 unspecified atom stereocenters. The molecule has 4 heteroatoms. The van der Waals surface area contributed by atoms with E-state index in [1.165, 1.54) is 6.21 Å². The van der Waals surface area contributed by atoms with E-state index in [0.29, 0.717) is 13.2 Å². The number of para-hydroxylation sites is 1. The lowest BCUT2D eigenvalue weighted by Gasteiger charge is -2.04. The molecule has 0 heterocycles. The second kappa shape index (κ2) is 6.61. The van der Waals surface area contributed by atoms with E-state index in [1.807, 2.05) is 24.3 Å². The highest BCUT2D eigenvalue weighted by Gasteiger charge is 2.00. The van der Waals surface area contributed by atoms with Gasteiger partial charge in [-0.25, -0.2) is 4.79 Å². The molecule has 0 N–H and O–H groups in total. The summed E-state index contributed by atoms with van der Waals surface area (Å²) in [5, 5.41) is 0. The minimum atomic E-state index is -0.419. The van der Waals surface area contributed by atoms with E-state index in [1.54, 1.807) is 14.0 Å². The first-order valence-corrected chi connectivity index (χ1v) is 5.06. The number of ether oxygens (including phenoxy) is 2. The number of carbonyl (C=O) groups excluding carboxylic acids is 1. The van der Waals surface area contributed by atoms with Crippen LogP contribution in [0.25, 0.3) is 0 Å². The maximum atomic E-state index is 11.0. The van der Waals surface area contributed by atoms with Gasteiger partial charge in [-0.15, -0.1) is 0 Å². The van der Waals surface area contributed by atoms with Crippen LogP contribution in [0, 0.1) is 0 Å². The number of esters is 1. The first-order chi connectivity index (χ1) is 7.77. The highest BCUT2D eigenvalue weighted by atomic mass is 16.5. The van der Waals surface area contributed by atoms with Crippen molar-refractivity contribution in [3.8, 4) is 5.75 Å². The smallest absolute Gasteiger partial charge is 0.348 e. The fourth-order valence-electron chi connectivity index (χ4n) is 1.23. The van der Waals surface area contributed by atoms with E-state index in [2.05, 4.69) is 4.99 Å². The predicted octanol–water partition coefficient (Wildman–Crippen LogP) is 1.83. The molecule has 0 spiro atoms.